The molecule has 1 aliphatic heterocycles. The van der Waals surface area contributed by atoms with Crippen LogP contribution in [0.4, 0.5) is 4.79 Å². The van der Waals surface area contributed by atoms with Gasteiger partial charge in [0.2, 0.25) is 0 Å². The van der Waals surface area contributed by atoms with Crippen LogP contribution < -0.4 is 10.6 Å². The van der Waals surface area contributed by atoms with Gasteiger partial charge in [-0.15, -0.1) is 0 Å². The zero-order valence-electron chi connectivity index (χ0n) is 14.0. The van der Waals surface area contributed by atoms with Crippen LogP contribution in [0.3, 0.4) is 0 Å². The van der Waals surface area contributed by atoms with Crippen molar-refractivity contribution in [3.8, 4) is 0 Å². The molecule has 1 saturated heterocycles. The average molecular weight is 297 g/mol. The Bertz CT molecular complexity index is 359. The van der Waals surface area contributed by atoms with Gasteiger partial charge in [0.05, 0.1) is 5.54 Å². The fourth-order valence-electron chi connectivity index (χ4n) is 3.65. The molecule has 0 aromatic carbocycles. The van der Waals surface area contributed by atoms with Crippen molar-refractivity contribution in [1.29, 1.82) is 0 Å². The molecule has 5 heteroatoms. The van der Waals surface area contributed by atoms with E-state index in [1.165, 1.54) is 19.3 Å². The number of hydrogen-bond donors (Lipinski definition) is 2. The molecule has 0 spiro atoms. The van der Waals surface area contributed by atoms with E-state index in [2.05, 4.69) is 22.6 Å². The van der Waals surface area contributed by atoms with Gasteiger partial charge in [-0.3, -0.25) is 4.90 Å². The molecule has 1 aliphatic carbocycles. The first kappa shape index (κ1) is 16.6. The maximum absolute atomic E-state index is 12.3. The van der Waals surface area contributed by atoms with Gasteiger partial charge in [-0.25, -0.2) is 4.79 Å². The van der Waals surface area contributed by atoms with Crippen molar-refractivity contribution in [2.45, 2.75) is 70.1 Å². The minimum Gasteiger partial charge on any atom is -0.444 e. The molecule has 2 aliphatic rings. The van der Waals surface area contributed by atoms with Crippen LogP contribution in [0.25, 0.3) is 0 Å². The molecule has 122 valence electrons. The highest BCUT2D eigenvalue weighted by molar-refractivity contribution is 5.69. The number of piperazine rings is 1. The SMILES string of the molecule is CN1CCNCC1C1(NC(=O)OC(C)(C)C)CCCCC1. The van der Waals surface area contributed by atoms with E-state index in [0.29, 0.717) is 6.04 Å². The fraction of sp³-hybridized carbons (Fsp3) is 0.938. The van der Waals surface area contributed by atoms with Crippen LogP contribution in [-0.4, -0.2) is 54.9 Å². The van der Waals surface area contributed by atoms with E-state index < -0.39 is 5.60 Å². The Morgan fingerprint density at radius 2 is 1.95 bits per heavy atom. The number of carbonyl (C=O) groups is 1. The number of nitrogens with zero attached hydrogens (tertiary/aromatic N) is 1. The van der Waals surface area contributed by atoms with Crippen molar-refractivity contribution < 1.29 is 9.53 Å². The molecule has 1 saturated carbocycles. The second-order valence-corrected chi connectivity index (χ2v) is 7.54. The number of carbonyl (C=O) groups excluding carboxylic acids is 1. The third-order valence-corrected chi connectivity index (χ3v) is 4.64. The van der Waals surface area contributed by atoms with Crippen molar-refractivity contribution in [1.82, 2.24) is 15.5 Å². The highest BCUT2D eigenvalue weighted by atomic mass is 16.6. The highest BCUT2D eigenvalue weighted by Gasteiger charge is 2.44. The molecule has 0 radical (unpaired) electrons. The standard InChI is InChI=1S/C16H31N3O2/c1-15(2,3)21-14(20)18-16(8-6-5-7-9-16)13-12-17-10-11-19(13)4/h13,17H,5-12H2,1-4H3,(H,18,20). The molecule has 2 fully saturated rings. The first-order chi connectivity index (χ1) is 9.82. The molecule has 2 N–H and O–H groups in total. The molecule has 0 aromatic rings. The normalized spacial score (nSPS) is 27.1. The number of hydrogen-bond acceptors (Lipinski definition) is 4. The van der Waals surface area contributed by atoms with E-state index >= 15 is 0 Å². The number of likely N-dealkylation sites (N-methyl/N-ethyl adjacent to an activating group) is 1. The number of nitrogens with one attached hydrogen (secondary N) is 2. The van der Waals surface area contributed by atoms with Crippen LogP contribution in [0.5, 0.6) is 0 Å². The van der Waals surface area contributed by atoms with Gasteiger partial charge >= 0.3 is 6.09 Å². The topological polar surface area (TPSA) is 53.6 Å². The summed E-state index contributed by atoms with van der Waals surface area (Å²) < 4.78 is 5.50. The zero-order chi connectivity index (χ0) is 15.5. The highest BCUT2D eigenvalue weighted by Crippen LogP contribution is 2.34. The Morgan fingerprint density at radius 3 is 2.52 bits per heavy atom. The summed E-state index contributed by atoms with van der Waals surface area (Å²) in [6.45, 7) is 8.72. The molecular formula is C16H31N3O2. The lowest BCUT2D eigenvalue weighted by molar-refractivity contribution is 0.0229. The van der Waals surface area contributed by atoms with Crippen LogP contribution in [0.15, 0.2) is 0 Å². The molecule has 1 heterocycles. The first-order valence-electron chi connectivity index (χ1n) is 8.25. The number of alkyl carbamates (subject to hydrolysis) is 1. The zero-order valence-corrected chi connectivity index (χ0v) is 14.0. The van der Waals surface area contributed by atoms with Crippen LogP contribution in [0, 0.1) is 0 Å². The maximum atomic E-state index is 12.3. The molecule has 1 amide bonds. The van der Waals surface area contributed by atoms with Crippen molar-refractivity contribution >= 4 is 6.09 Å². The summed E-state index contributed by atoms with van der Waals surface area (Å²) in [4.78, 5) is 14.7. The van der Waals surface area contributed by atoms with E-state index in [1.54, 1.807) is 0 Å². The summed E-state index contributed by atoms with van der Waals surface area (Å²) in [5, 5.41) is 6.72. The lowest BCUT2D eigenvalue weighted by Gasteiger charge is -2.49. The summed E-state index contributed by atoms with van der Waals surface area (Å²) in [7, 11) is 2.17. The smallest absolute Gasteiger partial charge is 0.408 e. The Hall–Kier alpha value is -0.810. The van der Waals surface area contributed by atoms with Gasteiger partial charge in [0.25, 0.3) is 0 Å². The molecule has 21 heavy (non-hydrogen) atoms. The van der Waals surface area contributed by atoms with Crippen LogP contribution in [0.2, 0.25) is 0 Å². The molecule has 0 aromatic heterocycles. The van der Waals surface area contributed by atoms with Gasteiger partial charge in [0.15, 0.2) is 0 Å². The van der Waals surface area contributed by atoms with Crippen LogP contribution >= 0.6 is 0 Å². The lowest BCUT2D eigenvalue weighted by atomic mass is 9.75. The second kappa shape index (κ2) is 6.53. The summed E-state index contributed by atoms with van der Waals surface area (Å²) in [5.41, 5.74) is -0.598. The quantitative estimate of drug-likeness (QED) is 0.820. The third-order valence-electron chi connectivity index (χ3n) is 4.64. The third kappa shape index (κ3) is 4.33. The largest absolute Gasteiger partial charge is 0.444 e. The molecule has 5 nitrogen and oxygen atoms in total. The maximum Gasteiger partial charge on any atom is 0.408 e. The van der Waals surface area contributed by atoms with E-state index in [9.17, 15) is 4.79 Å². The minimum atomic E-state index is -0.448. The van der Waals surface area contributed by atoms with Gasteiger partial charge in [0, 0.05) is 25.7 Å². The molecule has 1 unspecified atom stereocenters. The number of amides is 1. The van der Waals surface area contributed by atoms with Crippen molar-refractivity contribution in [3.63, 3.8) is 0 Å². The Balaban J connectivity index is 2.11. The number of ether oxygens (including phenoxy) is 1. The molecule has 2 rings (SSSR count). The fourth-order valence-corrected chi connectivity index (χ4v) is 3.65. The van der Waals surface area contributed by atoms with Crippen LogP contribution in [-0.2, 0) is 4.74 Å². The van der Waals surface area contributed by atoms with Crippen molar-refractivity contribution in [2.24, 2.45) is 0 Å². The summed E-state index contributed by atoms with van der Waals surface area (Å²) >= 11 is 0. The van der Waals surface area contributed by atoms with Gasteiger partial charge in [0.1, 0.15) is 5.60 Å². The Labute approximate surface area is 128 Å². The predicted molar refractivity (Wildman–Crippen MR) is 84.5 cm³/mol. The minimum absolute atomic E-state index is 0.150. The van der Waals surface area contributed by atoms with Crippen LogP contribution in [0.1, 0.15) is 52.9 Å². The first-order valence-corrected chi connectivity index (χ1v) is 8.25. The average Bonchev–Trinajstić information content (AvgIpc) is 2.37. The Kier molecular flexibility index (Phi) is 5.15. The van der Waals surface area contributed by atoms with E-state index in [0.717, 1.165) is 32.5 Å². The Morgan fingerprint density at radius 1 is 1.29 bits per heavy atom. The molecule has 1 atom stereocenters. The monoisotopic (exact) mass is 297 g/mol. The predicted octanol–water partition coefficient (Wildman–Crippen LogP) is 2.12. The molecular weight excluding hydrogens is 266 g/mol. The van der Waals surface area contributed by atoms with Crippen molar-refractivity contribution in [2.75, 3.05) is 26.7 Å². The summed E-state index contributed by atoms with van der Waals surface area (Å²) in [6.07, 6.45) is 5.44. The second-order valence-electron chi connectivity index (χ2n) is 7.54. The van der Waals surface area contributed by atoms with E-state index in [4.69, 9.17) is 4.74 Å². The van der Waals surface area contributed by atoms with Gasteiger partial charge in [-0.1, -0.05) is 19.3 Å². The lowest BCUT2D eigenvalue weighted by Crippen LogP contribution is -2.68. The summed E-state index contributed by atoms with van der Waals surface area (Å²) in [5.74, 6) is 0. The van der Waals surface area contributed by atoms with Gasteiger partial charge < -0.3 is 15.4 Å². The van der Waals surface area contributed by atoms with E-state index in [1.807, 2.05) is 20.8 Å². The number of rotatable bonds is 2. The van der Waals surface area contributed by atoms with Crippen molar-refractivity contribution in [3.05, 3.63) is 0 Å². The van der Waals surface area contributed by atoms with Gasteiger partial charge in [-0.2, -0.15) is 0 Å². The molecule has 0 bridgehead atoms. The van der Waals surface area contributed by atoms with E-state index in [-0.39, 0.29) is 11.6 Å². The van der Waals surface area contributed by atoms with Gasteiger partial charge in [-0.05, 0) is 40.7 Å². The summed E-state index contributed by atoms with van der Waals surface area (Å²) in [6, 6.07) is 0.346.